The molecule has 0 aliphatic rings. The molecule has 6 nitrogen and oxygen atoms in total. The molecule has 1 aromatic heterocycles. The van der Waals surface area contributed by atoms with Crippen molar-refractivity contribution in [2.45, 2.75) is 38.0 Å². The lowest BCUT2D eigenvalue weighted by Crippen LogP contribution is -2.38. The van der Waals surface area contributed by atoms with Gasteiger partial charge in [0.2, 0.25) is 5.09 Å². The van der Waals surface area contributed by atoms with Gasteiger partial charge in [-0.25, -0.2) is 12.7 Å². The second-order valence-electron chi connectivity index (χ2n) is 5.62. The Kier molecular flexibility index (Phi) is 5.37. The molecule has 1 rings (SSSR count). The van der Waals surface area contributed by atoms with E-state index in [-0.39, 0.29) is 5.09 Å². The third kappa shape index (κ3) is 4.59. The van der Waals surface area contributed by atoms with E-state index in [2.05, 4.69) is 0 Å². The van der Waals surface area contributed by atoms with Gasteiger partial charge in [0.1, 0.15) is 5.76 Å². The van der Waals surface area contributed by atoms with Crippen molar-refractivity contribution in [3.05, 3.63) is 17.9 Å². The van der Waals surface area contributed by atoms with Gasteiger partial charge in [0.25, 0.3) is 10.0 Å². The highest BCUT2D eigenvalue weighted by Crippen LogP contribution is 2.18. The SMILES string of the molecule is CCN(Cc1ccc(S(=O)(=O)N(C)C)o1)CC(C)(C)O. The van der Waals surface area contributed by atoms with E-state index >= 15 is 0 Å². The summed E-state index contributed by atoms with van der Waals surface area (Å²) in [6.45, 7) is 7.13. The molecule has 0 radical (unpaired) electrons. The zero-order chi connectivity index (χ0) is 15.6. The van der Waals surface area contributed by atoms with Crippen LogP contribution in [0.4, 0.5) is 0 Å². The average molecular weight is 304 g/mol. The summed E-state index contributed by atoms with van der Waals surface area (Å²) in [5.41, 5.74) is -0.804. The number of hydrogen-bond acceptors (Lipinski definition) is 5. The smallest absolute Gasteiger partial charge is 0.275 e. The molecule has 1 N–H and O–H groups in total. The number of hydrogen-bond donors (Lipinski definition) is 1. The molecule has 0 amide bonds. The monoisotopic (exact) mass is 304 g/mol. The Hall–Kier alpha value is -0.890. The quantitative estimate of drug-likeness (QED) is 0.817. The first-order valence-corrected chi connectivity index (χ1v) is 7.96. The normalized spacial score (nSPS) is 13.4. The summed E-state index contributed by atoms with van der Waals surface area (Å²) in [4.78, 5) is 1.99. The maximum Gasteiger partial charge on any atom is 0.275 e. The van der Waals surface area contributed by atoms with Gasteiger partial charge in [-0.3, -0.25) is 4.90 Å². The van der Waals surface area contributed by atoms with Crippen LogP contribution in [0.5, 0.6) is 0 Å². The molecule has 0 aromatic carbocycles. The van der Waals surface area contributed by atoms with E-state index in [0.29, 0.717) is 18.8 Å². The number of nitrogens with zero attached hydrogens (tertiary/aromatic N) is 2. The Morgan fingerprint density at radius 3 is 2.35 bits per heavy atom. The van der Waals surface area contributed by atoms with Gasteiger partial charge in [0.05, 0.1) is 12.1 Å². The lowest BCUT2D eigenvalue weighted by molar-refractivity contribution is 0.0330. The van der Waals surface area contributed by atoms with Crippen LogP contribution in [0.25, 0.3) is 0 Å². The highest BCUT2D eigenvalue weighted by atomic mass is 32.2. The van der Waals surface area contributed by atoms with E-state index in [1.54, 1.807) is 19.9 Å². The molecule has 0 atom stereocenters. The van der Waals surface area contributed by atoms with Crippen LogP contribution in [0.2, 0.25) is 0 Å². The topological polar surface area (TPSA) is 74.0 Å². The Bertz CT molecular complexity index is 529. The Morgan fingerprint density at radius 1 is 1.30 bits per heavy atom. The number of likely N-dealkylation sites (N-methyl/N-ethyl adjacent to an activating group) is 1. The van der Waals surface area contributed by atoms with Crippen molar-refractivity contribution in [1.82, 2.24) is 9.21 Å². The van der Waals surface area contributed by atoms with Gasteiger partial charge in [-0.05, 0) is 32.5 Å². The number of aliphatic hydroxyl groups is 1. The molecule has 0 saturated heterocycles. The summed E-state index contributed by atoms with van der Waals surface area (Å²) in [5, 5.41) is 9.77. The Labute approximate surface area is 121 Å². The van der Waals surface area contributed by atoms with E-state index in [4.69, 9.17) is 4.42 Å². The first-order chi connectivity index (χ1) is 9.06. The van der Waals surface area contributed by atoms with Crippen molar-refractivity contribution in [2.24, 2.45) is 0 Å². The van der Waals surface area contributed by atoms with Crippen LogP contribution < -0.4 is 0 Å². The number of rotatable bonds is 7. The molecular formula is C13H24N2O4S. The van der Waals surface area contributed by atoms with Gasteiger partial charge in [0, 0.05) is 20.6 Å². The van der Waals surface area contributed by atoms with Crippen molar-refractivity contribution in [1.29, 1.82) is 0 Å². The van der Waals surface area contributed by atoms with Crippen molar-refractivity contribution in [2.75, 3.05) is 27.2 Å². The molecule has 7 heteroatoms. The highest BCUT2D eigenvalue weighted by molar-refractivity contribution is 7.88. The molecule has 0 fully saturated rings. The van der Waals surface area contributed by atoms with Crippen LogP contribution in [0.1, 0.15) is 26.5 Å². The first-order valence-electron chi connectivity index (χ1n) is 6.52. The van der Waals surface area contributed by atoms with Crippen LogP contribution in [0, 0.1) is 0 Å². The minimum atomic E-state index is -3.53. The van der Waals surface area contributed by atoms with Crippen LogP contribution in [-0.2, 0) is 16.6 Å². The van der Waals surface area contributed by atoms with E-state index in [1.165, 1.54) is 20.2 Å². The van der Waals surface area contributed by atoms with Gasteiger partial charge in [-0.1, -0.05) is 6.92 Å². The third-order valence-electron chi connectivity index (χ3n) is 2.81. The molecule has 0 spiro atoms. The molecule has 0 aliphatic carbocycles. The van der Waals surface area contributed by atoms with Crippen molar-refractivity contribution >= 4 is 10.0 Å². The van der Waals surface area contributed by atoms with Gasteiger partial charge >= 0.3 is 0 Å². The van der Waals surface area contributed by atoms with Crippen LogP contribution >= 0.6 is 0 Å². The summed E-state index contributed by atoms with van der Waals surface area (Å²) in [5.74, 6) is 0.566. The minimum Gasteiger partial charge on any atom is -0.447 e. The molecule has 1 aromatic rings. The lowest BCUT2D eigenvalue weighted by Gasteiger charge is -2.27. The van der Waals surface area contributed by atoms with E-state index in [1.807, 2.05) is 11.8 Å². The van der Waals surface area contributed by atoms with E-state index < -0.39 is 15.6 Å². The largest absolute Gasteiger partial charge is 0.447 e. The van der Waals surface area contributed by atoms with Crippen molar-refractivity contribution in [3.8, 4) is 0 Å². The molecule has 20 heavy (non-hydrogen) atoms. The van der Waals surface area contributed by atoms with Crippen LogP contribution in [0.3, 0.4) is 0 Å². The molecular weight excluding hydrogens is 280 g/mol. The summed E-state index contributed by atoms with van der Waals surface area (Å²) < 4.78 is 30.3. The van der Waals surface area contributed by atoms with Gasteiger partial charge in [-0.2, -0.15) is 0 Å². The second kappa shape index (κ2) is 6.26. The molecule has 116 valence electrons. The zero-order valence-electron chi connectivity index (χ0n) is 12.8. The van der Waals surface area contributed by atoms with Gasteiger partial charge < -0.3 is 9.52 Å². The maximum atomic E-state index is 11.9. The van der Waals surface area contributed by atoms with E-state index in [9.17, 15) is 13.5 Å². The fraction of sp³-hybridized carbons (Fsp3) is 0.692. The van der Waals surface area contributed by atoms with E-state index in [0.717, 1.165) is 10.8 Å². The van der Waals surface area contributed by atoms with Gasteiger partial charge in [-0.15, -0.1) is 0 Å². The van der Waals surface area contributed by atoms with Crippen LogP contribution in [-0.4, -0.2) is 55.5 Å². The van der Waals surface area contributed by atoms with Gasteiger partial charge in [0.15, 0.2) is 0 Å². The third-order valence-corrected chi connectivity index (χ3v) is 4.50. The zero-order valence-corrected chi connectivity index (χ0v) is 13.6. The molecule has 0 unspecified atom stereocenters. The predicted molar refractivity (Wildman–Crippen MR) is 76.8 cm³/mol. The fourth-order valence-electron chi connectivity index (χ4n) is 1.81. The Balaban J connectivity index is 2.83. The number of sulfonamides is 1. The number of furan rings is 1. The minimum absolute atomic E-state index is 0.0585. The Morgan fingerprint density at radius 2 is 1.90 bits per heavy atom. The van der Waals surface area contributed by atoms with Crippen molar-refractivity contribution < 1.29 is 17.9 Å². The molecule has 0 aliphatic heterocycles. The standard InChI is InChI=1S/C13H24N2O4S/c1-6-15(10-13(2,3)16)9-11-7-8-12(19-11)20(17,18)14(4)5/h7-8,16H,6,9-10H2,1-5H3. The molecule has 1 heterocycles. The fourth-order valence-corrected chi connectivity index (χ4v) is 2.62. The highest BCUT2D eigenvalue weighted by Gasteiger charge is 2.23. The summed E-state index contributed by atoms with van der Waals surface area (Å²) in [6, 6.07) is 3.12. The average Bonchev–Trinajstić information content (AvgIpc) is 2.75. The summed E-state index contributed by atoms with van der Waals surface area (Å²) >= 11 is 0. The summed E-state index contributed by atoms with van der Waals surface area (Å²) in [7, 11) is -0.610. The molecule has 0 saturated carbocycles. The van der Waals surface area contributed by atoms with Crippen LogP contribution in [0.15, 0.2) is 21.6 Å². The molecule has 0 bridgehead atoms. The van der Waals surface area contributed by atoms with Crippen molar-refractivity contribution in [3.63, 3.8) is 0 Å². The summed E-state index contributed by atoms with van der Waals surface area (Å²) in [6.07, 6.45) is 0. The lowest BCUT2D eigenvalue weighted by atomic mass is 10.1. The maximum absolute atomic E-state index is 11.9. The first kappa shape index (κ1) is 17.2. The second-order valence-corrected chi connectivity index (χ2v) is 7.71. The predicted octanol–water partition coefficient (Wildman–Crippen LogP) is 1.12.